The Balaban J connectivity index is 1.51. The van der Waals surface area contributed by atoms with E-state index >= 15 is 0 Å². The fourth-order valence-corrected chi connectivity index (χ4v) is 5.41. The van der Waals surface area contributed by atoms with Crippen LogP contribution in [0, 0.1) is 0 Å². The Bertz CT molecular complexity index is 1110. The summed E-state index contributed by atoms with van der Waals surface area (Å²) >= 11 is 0. The van der Waals surface area contributed by atoms with Gasteiger partial charge < -0.3 is 9.97 Å². The Morgan fingerprint density at radius 3 is 2.32 bits per heavy atom. The zero-order valence-corrected chi connectivity index (χ0v) is 16.6. The lowest BCUT2D eigenvalue weighted by Crippen LogP contribution is -2.49. The third-order valence-corrected chi connectivity index (χ3v) is 7.30. The van der Waals surface area contributed by atoms with Gasteiger partial charge in [-0.3, -0.25) is 4.90 Å². The van der Waals surface area contributed by atoms with Gasteiger partial charge in [0.05, 0.1) is 15.9 Å². The van der Waals surface area contributed by atoms with Gasteiger partial charge in [-0.25, -0.2) is 13.2 Å². The molecule has 8 heteroatoms. The molecule has 1 aromatic heterocycles. The molecule has 3 aromatic rings. The maximum absolute atomic E-state index is 13.1. The first-order valence-corrected chi connectivity index (χ1v) is 10.9. The number of fused-ring (bicyclic) bond motifs is 1. The van der Waals surface area contributed by atoms with Crippen molar-refractivity contribution in [1.29, 1.82) is 0 Å². The van der Waals surface area contributed by atoms with Crippen molar-refractivity contribution in [3.63, 3.8) is 0 Å². The number of aromatic nitrogens is 2. The summed E-state index contributed by atoms with van der Waals surface area (Å²) in [6.45, 7) is 4.44. The standard InChI is InChI=1S/C20H24N4O3S/c1-2-19(15-6-4-3-5-7-15)23-10-12-24(13-11-23)28(26,27)16-8-9-17-18(14-16)22-20(25)21-17/h3-9,14,19H,2,10-13H2,1H3,(H2,21,22,25). The lowest BCUT2D eigenvalue weighted by molar-refractivity contribution is 0.133. The average Bonchev–Trinajstić information content (AvgIpc) is 3.09. The second-order valence-electron chi connectivity index (χ2n) is 7.06. The summed E-state index contributed by atoms with van der Waals surface area (Å²) in [6, 6.07) is 15.3. The Kier molecular flexibility index (Phi) is 5.09. The molecule has 1 atom stereocenters. The highest BCUT2D eigenvalue weighted by molar-refractivity contribution is 7.89. The number of hydrogen-bond acceptors (Lipinski definition) is 4. The van der Waals surface area contributed by atoms with Crippen molar-refractivity contribution in [1.82, 2.24) is 19.2 Å². The number of nitrogens with one attached hydrogen (secondary N) is 2. The Morgan fingerprint density at radius 2 is 1.64 bits per heavy atom. The monoisotopic (exact) mass is 400 g/mol. The summed E-state index contributed by atoms with van der Waals surface area (Å²) in [6.07, 6.45) is 0.980. The highest BCUT2D eigenvalue weighted by Gasteiger charge is 2.31. The molecule has 2 aromatic carbocycles. The first-order chi connectivity index (χ1) is 13.5. The number of sulfonamides is 1. The summed E-state index contributed by atoms with van der Waals surface area (Å²) in [7, 11) is -3.59. The number of imidazole rings is 1. The van der Waals surface area contributed by atoms with Crippen LogP contribution in [0.25, 0.3) is 11.0 Å². The van der Waals surface area contributed by atoms with E-state index in [1.807, 2.05) is 18.2 Å². The minimum Gasteiger partial charge on any atom is -0.306 e. The quantitative estimate of drug-likeness (QED) is 0.688. The molecule has 28 heavy (non-hydrogen) atoms. The highest BCUT2D eigenvalue weighted by atomic mass is 32.2. The molecule has 0 radical (unpaired) electrons. The van der Waals surface area contributed by atoms with Crippen LogP contribution in [0.5, 0.6) is 0 Å². The van der Waals surface area contributed by atoms with Crippen LogP contribution in [-0.4, -0.2) is 53.8 Å². The van der Waals surface area contributed by atoms with Crippen molar-refractivity contribution in [2.45, 2.75) is 24.3 Å². The van der Waals surface area contributed by atoms with Crippen molar-refractivity contribution in [3.05, 3.63) is 64.6 Å². The summed E-state index contributed by atoms with van der Waals surface area (Å²) in [4.78, 5) is 19.2. The van der Waals surface area contributed by atoms with Crippen LogP contribution < -0.4 is 5.69 Å². The van der Waals surface area contributed by atoms with Crippen molar-refractivity contribution in [3.8, 4) is 0 Å². The number of H-pyrrole nitrogens is 2. The highest BCUT2D eigenvalue weighted by Crippen LogP contribution is 2.27. The van der Waals surface area contributed by atoms with Crippen LogP contribution in [0.1, 0.15) is 24.9 Å². The van der Waals surface area contributed by atoms with Crippen molar-refractivity contribution in [2.75, 3.05) is 26.2 Å². The van der Waals surface area contributed by atoms with Gasteiger partial charge in [-0.2, -0.15) is 4.31 Å². The molecule has 1 unspecified atom stereocenters. The van der Waals surface area contributed by atoms with Crippen LogP contribution in [0.15, 0.2) is 58.2 Å². The van der Waals surface area contributed by atoms with E-state index in [0.29, 0.717) is 43.3 Å². The van der Waals surface area contributed by atoms with E-state index in [2.05, 4.69) is 33.9 Å². The van der Waals surface area contributed by atoms with Crippen LogP contribution in [0.4, 0.5) is 0 Å². The fraction of sp³-hybridized carbons (Fsp3) is 0.350. The first-order valence-electron chi connectivity index (χ1n) is 9.50. The molecule has 1 aliphatic heterocycles. The van der Waals surface area contributed by atoms with Gasteiger partial charge in [0.15, 0.2) is 0 Å². The smallest absolute Gasteiger partial charge is 0.306 e. The van der Waals surface area contributed by atoms with E-state index in [1.165, 1.54) is 15.9 Å². The molecule has 1 aliphatic rings. The van der Waals surface area contributed by atoms with E-state index in [0.717, 1.165) is 6.42 Å². The second-order valence-corrected chi connectivity index (χ2v) is 9.00. The van der Waals surface area contributed by atoms with Crippen LogP contribution in [0.3, 0.4) is 0 Å². The molecule has 0 bridgehead atoms. The van der Waals surface area contributed by atoms with Gasteiger partial charge in [0.1, 0.15) is 0 Å². The third-order valence-electron chi connectivity index (χ3n) is 5.41. The lowest BCUT2D eigenvalue weighted by atomic mass is 10.0. The molecule has 2 N–H and O–H groups in total. The maximum Gasteiger partial charge on any atom is 0.323 e. The van der Waals surface area contributed by atoms with E-state index in [1.54, 1.807) is 12.1 Å². The van der Waals surface area contributed by atoms with Gasteiger partial charge in [0, 0.05) is 32.2 Å². The molecule has 0 amide bonds. The predicted molar refractivity (Wildman–Crippen MR) is 109 cm³/mol. The summed E-state index contributed by atoms with van der Waals surface area (Å²) in [5.74, 6) is 0. The maximum atomic E-state index is 13.1. The molecule has 7 nitrogen and oxygen atoms in total. The summed E-state index contributed by atoms with van der Waals surface area (Å²) in [5, 5.41) is 0. The van der Waals surface area contributed by atoms with Crippen molar-refractivity contribution in [2.24, 2.45) is 0 Å². The van der Waals surface area contributed by atoms with E-state index in [-0.39, 0.29) is 10.6 Å². The van der Waals surface area contributed by atoms with Crippen molar-refractivity contribution < 1.29 is 8.42 Å². The van der Waals surface area contributed by atoms with Crippen molar-refractivity contribution >= 4 is 21.1 Å². The molecule has 148 valence electrons. The molecule has 2 heterocycles. The Hall–Kier alpha value is -2.42. The minimum absolute atomic E-state index is 0.207. The normalized spacial score (nSPS) is 17.8. The van der Waals surface area contributed by atoms with Crippen LogP contribution in [-0.2, 0) is 10.0 Å². The summed E-state index contributed by atoms with van der Waals surface area (Å²) in [5.41, 5.74) is 2.02. The average molecular weight is 401 g/mol. The van der Waals surface area contributed by atoms with Gasteiger partial charge in [-0.15, -0.1) is 0 Å². The van der Waals surface area contributed by atoms with E-state index in [9.17, 15) is 13.2 Å². The second kappa shape index (κ2) is 7.54. The molecular formula is C20H24N4O3S. The summed E-state index contributed by atoms with van der Waals surface area (Å²) < 4.78 is 27.7. The number of aromatic amines is 2. The van der Waals surface area contributed by atoms with Gasteiger partial charge >= 0.3 is 5.69 Å². The lowest BCUT2D eigenvalue weighted by Gasteiger charge is -2.38. The Labute approximate surface area is 164 Å². The largest absolute Gasteiger partial charge is 0.323 e. The number of piperazine rings is 1. The fourth-order valence-electron chi connectivity index (χ4n) is 3.96. The number of rotatable bonds is 5. The zero-order chi connectivity index (χ0) is 19.7. The minimum atomic E-state index is -3.59. The van der Waals surface area contributed by atoms with Gasteiger partial charge in [0.2, 0.25) is 10.0 Å². The topological polar surface area (TPSA) is 89.3 Å². The zero-order valence-electron chi connectivity index (χ0n) is 15.8. The van der Waals surface area contributed by atoms with Gasteiger partial charge in [0.25, 0.3) is 0 Å². The van der Waals surface area contributed by atoms with E-state index < -0.39 is 10.0 Å². The number of nitrogens with zero attached hydrogens (tertiary/aromatic N) is 2. The van der Waals surface area contributed by atoms with Gasteiger partial charge in [-0.1, -0.05) is 37.3 Å². The Morgan fingerprint density at radius 1 is 0.964 bits per heavy atom. The number of hydrogen-bond donors (Lipinski definition) is 2. The predicted octanol–water partition coefficient (Wildman–Crippen LogP) is 2.31. The molecule has 1 fully saturated rings. The van der Waals surface area contributed by atoms with Crippen LogP contribution in [0.2, 0.25) is 0 Å². The first kappa shape index (κ1) is 18.9. The molecule has 0 spiro atoms. The molecule has 1 saturated heterocycles. The van der Waals surface area contributed by atoms with E-state index in [4.69, 9.17) is 0 Å². The third kappa shape index (κ3) is 3.50. The molecule has 0 saturated carbocycles. The molecule has 0 aliphatic carbocycles. The molecule has 4 rings (SSSR count). The SMILES string of the molecule is CCC(c1ccccc1)N1CCN(S(=O)(=O)c2ccc3[nH]c(=O)[nH]c3c2)CC1. The molecular weight excluding hydrogens is 376 g/mol. The van der Waals surface area contributed by atoms with Gasteiger partial charge in [-0.05, 0) is 30.2 Å². The van der Waals surface area contributed by atoms with Crippen LogP contribution >= 0.6 is 0 Å². The number of benzene rings is 2.